The Kier molecular flexibility index (Phi) is 8.73. The van der Waals surface area contributed by atoms with Crippen LogP contribution in [0.4, 0.5) is 5.95 Å². The summed E-state index contributed by atoms with van der Waals surface area (Å²) in [6, 6.07) is 7.29. The number of cyclic esters (lactones) is 1. The van der Waals surface area contributed by atoms with Gasteiger partial charge in [-0.15, -0.1) is 0 Å². The maximum absolute atomic E-state index is 13.6. The molecule has 1 aromatic carbocycles. The molecule has 0 saturated heterocycles. The molecule has 0 radical (unpaired) electrons. The van der Waals surface area contributed by atoms with Crippen LogP contribution in [-0.4, -0.2) is 53.6 Å². The number of hydrogen-bond acceptors (Lipinski definition) is 12. The topological polar surface area (TPSA) is 141 Å². The van der Waals surface area contributed by atoms with E-state index < -0.39 is 11.6 Å². The smallest absolute Gasteiger partial charge is 0.343 e. The molecule has 1 atom stereocenters. The lowest BCUT2D eigenvalue weighted by atomic mass is 9.86. The molecule has 0 aliphatic carbocycles. The molecule has 14 heteroatoms. The molecule has 4 aromatic rings. The van der Waals surface area contributed by atoms with Crippen LogP contribution < -0.4 is 15.6 Å². The predicted molar refractivity (Wildman–Crippen MR) is 173 cm³/mol. The van der Waals surface area contributed by atoms with Crippen molar-refractivity contribution in [2.75, 3.05) is 23.4 Å². The normalized spacial score (nSPS) is 16.8. The fourth-order valence-electron chi connectivity index (χ4n) is 5.58. The van der Waals surface area contributed by atoms with Gasteiger partial charge in [0.05, 0.1) is 29.0 Å². The Labute approximate surface area is 266 Å². The van der Waals surface area contributed by atoms with Crippen molar-refractivity contribution in [2.45, 2.75) is 58.8 Å². The summed E-state index contributed by atoms with van der Waals surface area (Å²) >= 11 is 6.17. The molecule has 2 aliphatic heterocycles. The number of halogens is 1. The molecule has 0 bridgehead atoms. The van der Waals surface area contributed by atoms with Gasteiger partial charge >= 0.3 is 12.0 Å². The fourth-order valence-corrected chi connectivity index (χ4v) is 7.77. The lowest BCUT2D eigenvalue weighted by molar-refractivity contribution is -0.172. The van der Waals surface area contributed by atoms with Gasteiger partial charge in [-0.25, -0.2) is 9.78 Å². The number of aryl methyl sites for hydroxylation is 1. The second-order valence-corrected chi connectivity index (χ2v) is 13.5. The van der Waals surface area contributed by atoms with Crippen molar-refractivity contribution in [1.29, 1.82) is 0 Å². The summed E-state index contributed by atoms with van der Waals surface area (Å²) in [4.78, 5) is 43.7. The Morgan fingerprint density at radius 2 is 1.91 bits per heavy atom. The first-order valence-electron chi connectivity index (χ1n) is 14.5. The van der Waals surface area contributed by atoms with E-state index in [0.29, 0.717) is 59.2 Å². The minimum Gasteiger partial charge on any atom is -0.458 e. The van der Waals surface area contributed by atoms with E-state index >= 15 is 0 Å². The molecule has 0 amide bonds. The van der Waals surface area contributed by atoms with Gasteiger partial charge in [0.2, 0.25) is 11.2 Å². The van der Waals surface area contributed by atoms with E-state index in [9.17, 15) is 14.7 Å². The first-order chi connectivity index (χ1) is 21.3. The molecule has 6 rings (SSSR count). The van der Waals surface area contributed by atoms with E-state index in [1.165, 1.54) is 0 Å². The van der Waals surface area contributed by atoms with Crippen LogP contribution in [0.25, 0.3) is 22.3 Å². The molecular formula is C30H31ClN6O5S2. The van der Waals surface area contributed by atoms with Crippen LogP contribution in [0.2, 0.25) is 5.28 Å². The Hall–Kier alpha value is -3.39. The summed E-state index contributed by atoms with van der Waals surface area (Å²) in [6.45, 7) is 6.71. The lowest BCUT2D eigenvalue weighted by Crippen LogP contribution is -2.44. The highest BCUT2D eigenvalue weighted by atomic mass is 35.5. The number of fused-ring (bicyclic) bond motifs is 5. The van der Waals surface area contributed by atoms with E-state index in [2.05, 4.69) is 27.2 Å². The Morgan fingerprint density at radius 1 is 1.09 bits per heavy atom. The molecule has 0 fully saturated rings. The van der Waals surface area contributed by atoms with Gasteiger partial charge in [0.1, 0.15) is 12.4 Å². The van der Waals surface area contributed by atoms with Crippen LogP contribution in [0.15, 0.2) is 29.1 Å². The maximum Gasteiger partial charge on any atom is 0.343 e. The van der Waals surface area contributed by atoms with Crippen LogP contribution >= 0.6 is 33.2 Å². The van der Waals surface area contributed by atoms with Gasteiger partial charge in [0.25, 0.3) is 5.56 Å². The predicted octanol–water partition coefficient (Wildman–Crippen LogP) is 5.48. The van der Waals surface area contributed by atoms with Gasteiger partial charge in [-0.1, -0.05) is 42.4 Å². The Balaban J connectivity index is 1.31. The molecule has 44 heavy (non-hydrogen) atoms. The molecule has 2 aliphatic rings. The number of nitrogens with zero attached hydrogens (tertiary/aromatic N) is 5. The van der Waals surface area contributed by atoms with Crippen molar-refractivity contribution < 1.29 is 19.4 Å². The van der Waals surface area contributed by atoms with Crippen molar-refractivity contribution in [3.8, 4) is 23.1 Å². The zero-order valence-corrected chi connectivity index (χ0v) is 26.9. The third-order valence-electron chi connectivity index (χ3n) is 7.77. The van der Waals surface area contributed by atoms with Crippen molar-refractivity contribution in [1.82, 2.24) is 24.5 Å². The highest BCUT2D eigenvalue weighted by Gasteiger charge is 2.45. The van der Waals surface area contributed by atoms with Crippen molar-refractivity contribution in [3.05, 3.63) is 62.2 Å². The Bertz CT molecular complexity index is 1840. The number of esters is 1. The number of aromatic nitrogens is 5. The number of carbonyl (C=O) groups excluding carboxylic acids is 1. The van der Waals surface area contributed by atoms with Crippen LogP contribution in [0.5, 0.6) is 11.8 Å². The minimum absolute atomic E-state index is 0.0213. The van der Waals surface area contributed by atoms with Gasteiger partial charge < -0.3 is 24.5 Å². The number of rotatable bonds is 11. The summed E-state index contributed by atoms with van der Waals surface area (Å²) in [7, 11) is 3.62. The number of nitrogens with one attached hydrogen (secondary N) is 1. The Morgan fingerprint density at radius 3 is 2.68 bits per heavy atom. The molecule has 3 aromatic heterocycles. The maximum atomic E-state index is 13.6. The SMILES string of the molecule is CCCSSCCNc1nc(Cl)nc(Oc2ccc3nc4c(c(CC)c3c2)Cn2c-4cc3c(c2=O)COC(=O)[C@]3(O)CC)n1. The summed E-state index contributed by atoms with van der Waals surface area (Å²) < 4.78 is 12.9. The molecule has 2 N–H and O–H groups in total. The van der Waals surface area contributed by atoms with E-state index in [1.807, 2.05) is 29.9 Å². The second-order valence-electron chi connectivity index (χ2n) is 10.4. The number of ether oxygens (including phenoxy) is 2. The minimum atomic E-state index is -1.87. The quantitative estimate of drug-likeness (QED) is 0.106. The fraction of sp³-hybridized carbons (Fsp3) is 0.400. The second kappa shape index (κ2) is 12.5. The molecule has 0 spiro atoms. The third kappa shape index (κ3) is 5.50. The highest BCUT2D eigenvalue weighted by molar-refractivity contribution is 8.76. The zero-order valence-electron chi connectivity index (χ0n) is 24.5. The summed E-state index contributed by atoms with van der Waals surface area (Å²) in [5, 5.41) is 15.2. The van der Waals surface area contributed by atoms with Gasteiger partial charge in [-0.2, -0.15) is 15.0 Å². The van der Waals surface area contributed by atoms with Crippen LogP contribution in [0.1, 0.15) is 55.9 Å². The third-order valence-corrected chi connectivity index (χ3v) is 10.5. The van der Waals surface area contributed by atoms with Gasteiger partial charge in [-0.05, 0) is 60.7 Å². The first kappa shape index (κ1) is 30.6. The monoisotopic (exact) mass is 654 g/mol. The van der Waals surface area contributed by atoms with E-state index in [-0.39, 0.29) is 29.9 Å². The van der Waals surface area contributed by atoms with Gasteiger partial charge in [-0.3, -0.25) is 4.79 Å². The number of pyridine rings is 2. The summed E-state index contributed by atoms with van der Waals surface area (Å²) in [5.74, 6) is 2.09. The number of hydrogen-bond donors (Lipinski definition) is 2. The van der Waals surface area contributed by atoms with Gasteiger partial charge in [0, 0.05) is 34.6 Å². The van der Waals surface area contributed by atoms with Crippen molar-refractivity contribution >= 4 is 56.0 Å². The molecule has 11 nitrogen and oxygen atoms in total. The van der Waals surface area contributed by atoms with Crippen molar-refractivity contribution in [2.24, 2.45) is 0 Å². The largest absolute Gasteiger partial charge is 0.458 e. The molecular weight excluding hydrogens is 624 g/mol. The van der Waals surface area contributed by atoms with Crippen molar-refractivity contribution in [3.63, 3.8) is 0 Å². The number of carbonyl (C=O) groups is 1. The zero-order chi connectivity index (χ0) is 31.0. The standard InChI is InChI=1S/C30H31ClN6O5S2/c1-4-10-43-44-11-9-32-28-34-27(31)35-29(36-28)42-16-7-8-22-18(12-16)17(5-2)19-14-37-23(24(19)33-22)13-21-20(25(37)38)15-41-26(39)30(21,40)6-3/h7-8,12-13,40H,4-6,9-11,14-15H2,1-3H3,(H,32,34,35,36)/t30-/m0/s1. The average Bonchev–Trinajstić information content (AvgIpc) is 3.38. The number of benzene rings is 1. The highest BCUT2D eigenvalue weighted by Crippen LogP contribution is 2.41. The van der Waals surface area contributed by atoms with E-state index in [1.54, 1.807) is 34.4 Å². The molecule has 0 unspecified atom stereocenters. The number of anilines is 1. The van der Waals surface area contributed by atoms with Crippen LogP contribution in [0.3, 0.4) is 0 Å². The molecule has 230 valence electrons. The van der Waals surface area contributed by atoms with Crippen LogP contribution in [-0.2, 0) is 34.7 Å². The van der Waals surface area contributed by atoms with E-state index in [4.69, 9.17) is 26.1 Å². The molecule has 0 saturated carbocycles. The first-order valence-corrected chi connectivity index (χ1v) is 17.3. The average molecular weight is 655 g/mol. The van der Waals surface area contributed by atoms with E-state index in [0.717, 1.165) is 34.4 Å². The van der Waals surface area contributed by atoms with Gasteiger partial charge in [0.15, 0.2) is 5.60 Å². The summed E-state index contributed by atoms with van der Waals surface area (Å²) in [6.07, 6.45) is 1.90. The summed E-state index contributed by atoms with van der Waals surface area (Å²) in [5.41, 5.74) is 2.30. The lowest BCUT2D eigenvalue weighted by Gasteiger charge is -2.31. The molecule has 5 heterocycles. The number of aliphatic hydroxyl groups is 1. The van der Waals surface area contributed by atoms with Crippen LogP contribution in [0, 0.1) is 0 Å².